The number of nitriles is 1. The smallest absolute Gasteiger partial charge is 0.246 e. The first-order valence-corrected chi connectivity index (χ1v) is 15.7. The molecule has 46 heavy (non-hydrogen) atoms. The first kappa shape index (κ1) is 32.4. The van der Waals surface area contributed by atoms with Crippen LogP contribution in [-0.2, 0) is 25.6 Å². The van der Waals surface area contributed by atoms with E-state index in [1.54, 1.807) is 41.1 Å². The lowest BCUT2D eigenvalue weighted by atomic mass is 9.96. The zero-order chi connectivity index (χ0) is 32.8. The molecule has 4 N–H and O–H groups in total. The summed E-state index contributed by atoms with van der Waals surface area (Å²) in [5, 5.41) is 14.9. The fraction of sp³-hybridized carbons (Fsp3) is 0.361. The second kappa shape index (κ2) is 14.4. The van der Waals surface area contributed by atoms with E-state index in [2.05, 4.69) is 16.7 Å². The van der Waals surface area contributed by atoms with Crippen molar-refractivity contribution in [2.75, 3.05) is 20.1 Å². The average Bonchev–Trinajstić information content (AvgIpc) is 3.74. The summed E-state index contributed by atoms with van der Waals surface area (Å²) >= 11 is 0. The topological polar surface area (TPSA) is 149 Å². The van der Waals surface area contributed by atoms with Crippen LogP contribution in [0.1, 0.15) is 53.9 Å². The Bertz CT molecular complexity index is 1610. The van der Waals surface area contributed by atoms with Crippen LogP contribution in [0.4, 0.5) is 0 Å². The number of carbonyl (C=O) groups excluding carboxylic acids is 4. The van der Waals surface area contributed by atoms with Gasteiger partial charge in [-0.05, 0) is 48.6 Å². The SMILES string of the molecule is CNC(=O)[C@@H]1C[C@H](c2ccccc2)CN1C(=O)[C@@H]1C[C@H](c2ccccc2)CN1C(=O)C(Cc1cccc(C#N)c1)NC(=O)C(C)N. The standard InChI is InChI=1S/C36H40N6O4/c1-23(38)33(43)40-30(17-24-10-9-11-25(16-24)20-37)35(45)42-22-29(27-14-7-4-8-15-27)19-32(42)36(46)41-21-28(18-31(41)34(44)39-2)26-12-5-3-6-13-26/h3-16,23,28-32H,17-19,21-22,38H2,1-2H3,(H,39,44)(H,40,43)/t23?,28-,29-,30?,31-,32-/m0/s1. The number of likely N-dealkylation sites (N-methyl/N-ethyl adjacent to an activating group) is 1. The number of hydrogen-bond donors (Lipinski definition) is 3. The Morgan fingerprint density at radius 2 is 1.46 bits per heavy atom. The number of benzene rings is 3. The summed E-state index contributed by atoms with van der Waals surface area (Å²) in [6.45, 7) is 2.15. The highest BCUT2D eigenvalue weighted by Crippen LogP contribution is 2.37. The molecule has 10 heteroatoms. The van der Waals surface area contributed by atoms with Crippen molar-refractivity contribution in [2.45, 2.75) is 62.2 Å². The predicted octanol–water partition coefficient (Wildman–Crippen LogP) is 2.45. The maximum atomic E-state index is 14.6. The second-order valence-electron chi connectivity index (χ2n) is 12.2. The number of nitrogens with one attached hydrogen (secondary N) is 2. The van der Waals surface area contributed by atoms with E-state index in [0.29, 0.717) is 30.5 Å². The van der Waals surface area contributed by atoms with E-state index in [0.717, 1.165) is 11.1 Å². The monoisotopic (exact) mass is 620 g/mol. The molecule has 0 spiro atoms. The van der Waals surface area contributed by atoms with Crippen molar-refractivity contribution in [3.8, 4) is 6.07 Å². The molecule has 238 valence electrons. The van der Waals surface area contributed by atoms with E-state index in [1.165, 1.54) is 6.92 Å². The molecule has 2 heterocycles. The van der Waals surface area contributed by atoms with Crippen LogP contribution in [-0.4, -0.2) is 77.7 Å². The van der Waals surface area contributed by atoms with Crippen LogP contribution in [0.15, 0.2) is 84.9 Å². The molecule has 3 aromatic carbocycles. The number of amides is 4. The maximum Gasteiger partial charge on any atom is 0.246 e. The normalized spacial score (nSPS) is 22.0. The molecule has 0 aromatic heterocycles. The number of nitrogens with zero attached hydrogens (tertiary/aromatic N) is 3. The number of carbonyl (C=O) groups is 4. The average molecular weight is 621 g/mol. The van der Waals surface area contributed by atoms with Gasteiger partial charge in [-0.25, -0.2) is 0 Å². The number of nitrogens with two attached hydrogens (primary N) is 1. The zero-order valence-electron chi connectivity index (χ0n) is 26.1. The molecular weight excluding hydrogens is 580 g/mol. The van der Waals surface area contributed by atoms with E-state index >= 15 is 0 Å². The highest BCUT2D eigenvalue weighted by atomic mass is 16.2. The Labute approximate surface area is 269 Å². The van der Waals surface area contributed by atoms with Gasteiger partial charge in [0.2, 0.25) is 23.6 Å². The Balaban J connectivity index is 1.49. The summed E-state index contributed by atoms with van der Waals surface area (Å²) in [5.41, 5.74) is 9.04. The zero-order valence-corrected chi connectivity index (χ0v) is 26.1. The van der Waals surface area contributed by atoms with Crippen molar-refractivity contribution in [3.63, 3.8) is 0 Å². The molecule has 0 aliphatic carbocycles. The van der Waals surface area contributed by atoms with Gasteiger partial charge in [0, 0.05) is 38.4 Å². The first-order valence-electron chi connectivity index (χ1n) is 15.7. The minimum absolute atomic E-state index is 0.0339. The van der Waals surface area contributed by atoms with Crippen LogP contribution in [0, 0.1) is 11.3 Å². The maximum absolute atomic E-state index is 14.6. The molecule has 2 unspecified atom stereocenters. The molecule has 4 amide bonds. The lowest BCUT2D eigenvalue weighted by Gasteiger charge is -2.33. The quantitative estimate of drug-likeness (QED) is 0.335. The van der Waals surface area contributed by atoms with Gasteiger partial charge in [-0.2, -0.15) is 5.26 Å². The highest BCUT2D eigenvalue weighted by Gasteiger charge is 2.48. The van der Waals surface area contributed by atoms with Crippen molar-refractivity contribution >= 4 is 23.6 Å². The van der Waals surface area contributed by atoms with Crippen LogP contribution in [0.5, 0.6) is 0 Å². The lowest BCUT2D eigenvalue weighted by Crippen LogP contribution is -2.57. The third-order valence-electron chi connectivity index (χ3n) is 9.07. The molecule has 2 fully saturated rings. The summed E-state index contributed by atoms with van der Waals surface area (Å²) in [7, 11) is 1.56. The summed E-state index contributed by atoms with van der Waals surface area (Å²) in [6, 6.07) is 25.1. The minimum Gasteiger partial charge on any atom is -0.357 e. The summed E-state index contributed by atoms with van der Waals surface area (Å²) < 4.78 is 0. The van der Waals surface area contributed by atoms with Gasteiger partial charge in [-0.3, -0.25) is 19.2 Å². The Hall–Kier alpha value is -5.01. The van der Waals surface area contributed by atoms with Crippen molar-refractivity contribution in [2.24, 2.45) is 5.73 Å². The minimum atomic E-state index is -1.03. The van der Waals surface area contributed by atoms with Crippen LogP contribution in [0.2, 0.25) is 0 Å². The fourth-order valence-corrected chi connectivity index (χ4v) is 6.64. The van der Waals surface area contributed by atoms with Crippen LogP contribution < -0.4 is 16.4 Å². The number of rotatable bonds is 9. The van der Waals surface area contributed by atoms with Crippen molar-refractivity contribution in [1.82, 2.24) is 20.4 Å². The molecule has 6 atom stereocenters. The molecule has 0 saturated carbocycles. The van der Waals surface area contributed by atoms with Gasteiger partial charge in [0.15, 0.2) is 0 Å². The molecule has 0 bridgehead atoms. The third-order valence-corrected chi connectivity index (χ3v) is 9.07. The van der Waals surface area contributed by atoms with Crippen LogP contribution >= 0.6 is 0 Å². The van der Waals surface area contributed by atoms with Gasteiger partial charge in [0.05, 0.1) is 17.7 Å². The van der Waals surface area contributed by atoms with Crippen molar-refractivity contribution in [3.05, 3.63) is 107 Å². The first-order chi connectivity index (χ1) is 22.2. The number of likely N-dealkylation sites (tertiary alicyclic amines) is 2. The largest absolute Gasteiger partial charge is 0.357 e. The molecule has 2 saturated heterocycles. The summed E-state index contributed by atoms with van der Waals surface area (Å²) in [4.78, 5) is 58.2. The molecular formula is C36H40N6O4. The van der Waals surface area contributed by atoms with Crippen LogP contribution in [0.25, 0.3) is 0 Å². The Morgan fingerprint density at radius 1 is 0.870 bits per heavy atom. The molecule has 3 aromatic rings. The van der Waals surface area contributed by atoms with Gasteiger partial charge in [-0.1, -0.05) is 72.8 Å². The molecule has 2 aliphatic heterocycles. The van der Waals surface area contributed by atoms with E-state index in [-0.39, 0.29) is 36.6 Å². The summed E-state index contributed by atoms with van der Waals surface area (Å²) in [5.74, 6) is -1.61. The predicted molar refractivity (Wildman–Crippen MR) is 173 cm³/mol. The molecule has 5 rings (SSSR count). The Morgan fingerprint density at radius 3 is 2.02 bits per heavy atom. The fourth-order valence-electron chi connectivity index (χ4n) is 6.64. The molecule has 10 nitrogen and oxygen atoms in total. The van der Waals surface area contributed by atoms with E-state index in [9.17, 15) is 24.4 Å². The van der Waals surface area contributed by atoms with Crippen molar-refractivity contribution in [1.29, 1.82) is 5.26 Å². The third kappa shape index (κ3) is 7.11. The van der Waals surface area contributed by atoms with Gasteiger partial charge in [-0.15, -0.1) is 0 Å². The van der Waals surface area contributed by atoms with Gasteiger partial charge < -0.3 is 26.2 Å². The van der Waals surface area contributed by atoms with E-state index in [1.807, 2.05) is 60.7 Å². The Kier molecular flexibility index (Phi) is 10.1. The van der Waals surface area contributed by atoms with Gasteiger partial charge in [0.25, 0.3) is 0 Å². The van der Waals surface area contributed by atoms with Crippen LogP contribution in [0.3, 0.4) is 0 Å². The van der Waals surface area contributed by atoms with Crippen molar-refractivity contribution < 1.29 is 19.2 Å². The highest BCUT2D eigenvalue weighted by molar-refractivity contribution is 5.96. The van der Waals surface area contributed by atoms with Gasteiger partial charge >= 0.3 is 0 Å². The van der Waals surface area contributed by atoms with E-state index < -0.39 is 36.0 Å². The lowest BCUT2D eigenvalue weighted by molar-refractivity contribution is -0.147. The van der Waals surface area contributed by atoms with E-state index in [4.69, 9.17) is 5.73 Å². The van der Waals surface area contributed by atoms with Gasteiger partial charge in [0.1, 0.15) is 18.1 Å². The summed E-state index contributed by atoms with van der Waals surface area (Å²) in [6.07, 6.45) is 0.959. The molecule has 0 radical (unpaired) electrons. The molecule has 2 aliphatic rings. The second-order valence-corrected chi connectivity index (χ2v) is 12.2. The number of hydrogen-bond acceptors (Lipinski definition) is 6.